The minimum Gasteiger partial charge on any atom is -0.493 e. The van der Waals surface area contributed by atoms with Crippen LogP contribution in [0.1, 0.15) is 23.7 Å². The summed E-state index contributed by atoms with van der Waals surface area (Å²) in [6, 6.07) is 9.62. The second-order valence-electron chi connectivity index (χ2n) is 6.17. The van der Waals surface area contributed by atoms with Crippen LogP contribution in [0.25, 0.3) is 10.2 Å². The molecule has 3 aromatic rings. The van der Waals surface area contributed by atoms with Gasteiger partial charge >= 0.3 is 0 Å². The van der Waals surface area contributed by atoms with Gasteiger partial charge in [-0.2, -0.15) is 4.99 Å². The number of methoxy groups -OCH3 is 2. The van der Waals surface area contributed by atoms with E-state index in [2.05, 4.69) is 4.99 Å². The molecule has 0 aliphatic carbocycles. The number of hydrogen-bond donors (Lipinski definition) is 1. The number of primary sulfonamides is 1. The maximum atomic E-state index is 12.9. The van der Waals surface area contributed by atoms with Crippen molar-refractivity contribution < 1.29 is 22.7 Å². The first-order chi connectivity index (χ1) is 13.8. The molecule has 0 saturated heterocycles. The molecule has 29 heavy (non-hydrogen) atoms. The van der Waals surface area contributed by atoms with Crippen LogP contribution in [0.4, 0.5) is 0 Å². The molecule has 0 bridgehead atoms. The van der Waals surface area contributed by atoms with Crippen LogP contribution in [-0.4, -0.2) is 33.1 Å². The third kappa shape index (κ3) is 4.19. The number of aromatic nitrogens is 1. The van der Waals surface area contributed by atoms with Crippen molar-refractivity contribution in [2.45, 2.75) is 24.8 Å². The number of nitrogens with two attached hydrogens (primary N) is 1. The van der Waals surface area contributed by atoms with E-state index >= 15 is 0 Å². The Morgan fingerprint density at radius 1 is 1.21 bits per heavy atom. The van der Waals surface area contributed by atoms with Crippen molar-refractivity contribution in [3.8, 4) is 11.5 Å². The predicted octanol–water partition coefficient (Wildman–Crippen LogP) is 2.52. The number of para-hydroxylation sites is 1. The monoisotopic (exact) mass is 435 g/mol. The van der Waals surface area contributed by atoms with E-state index in [0.717, 1.165) is 11.9 Å². The third-order valence-electron chi connectivity index (χ3n) is 4.26. The molecular formula is C19H21N3O5S2. The summed E-state index contributed by atoms with van der Waals surface area (Å²) >= 11 is 1.22. The minimum atomic E-state index is -3.82. The molecule has 0 saturated carbocycles. The van der Waals surface area contributed by atoms with Gasteiger partial charge in [0.1, 0.15) is 0 Å². The molecular weight excluding hydrogens is 414 g/mol. The van der Waals surface area contributed by atoms with Crippen molar-refractivity contribution in [1.29, 1.82) is 0 Å². The summed E-state index contributed by atoms with van der Waals surface area (Å²) in [5, 5.41) is 5.23. The molecule has 2 N–H and O–H groups in total. The van der Waals surface area contributed by atoms with Gasteiger partial charge in [-0.1, -0.05) is 24.3 Å². The van der Waals surface area contributed by atoms with E-state index in [9.17, 15) is 13.2 Å². The second kappa shape index (κ2) is 8.36. The number of ether oxygens (including phenoxy) is 2. The number of rotatable bonds is 6. The van der Waals surface area contributed by atoms with Gasteiger partial charge in [-0.25, -0.2) is 13.6 Å². The minimum absolute atomic E-state index is 0.0160. The molecule has 0 atom stereocenters. The Balaban J connectivity index is 2.19. The van der Waals surface area contributed by atoms with Crippen molar-refractivity contribution in [3.63, 3.8) is 0 Å². The molecule has 0 radical (unpaired) electrons. The number of amides is 1. The number of aryl methyl sites for hydroxylation is 1. The summed E-state index contributed by atoms with van der Waals surface area (Å²) in [6.07, 6.45) is 0.812. The molecule has 1 heterocycles. The second-order valence-corrected chi connectivity index (χ2v) is 8.74. The van der Waals surface area contributed by atoms with Gasteiger partial charge in [0, 0.05) is 6.54 Å². The van der Waals surface area contributed by atoms with Crippen LogP contribution in [0.15, 0.2) is 46.3 Å². The summed E-state index contributed by atoms with van der Waals surface area (Å²) in [5.41, 5.74) is 1.06. The van der Waals surface area contributed by atoms with Crippen LogP contribution >= 0.6 is 11.3 Å². The zero-order valence-electron chi connectivity index (χ0n) is 16.2. The standard InChI is InChI=1S/C19H21N3O5S2/c1-4-10-22-14-9-8-12(29(20,24)25)11-16(14)28-19(22)21-18(23)13-6-5-7-15(26-2)17(13)27-3/h5-9,11H,4,10H2,1-3H3,(H2,20,24,25). The summed E-state index contributed by atoms with van der Waals surface area (Å²) < 4.78 is 36.5. The first-order valence-corrected chi connectivity index (χ1v) is 11.1. The number of carbonyl (C=O) groups excluding carboxylic acids is 1. The molecule has 1 aromatic heterocycles. The molecule has 10 heteroatoms. The normalized spacial score (nSPS) is 12.3. The van der Waals surface area contributed by atoms with E-state index in [1.54, 1.807) is 24.3 Å². The summed E-state index contributed by atoms with van der Waals surface area (Å²) in [6.45, 7) is 2.63. The fraction of sp³-hybridized carbons (Fsp3) is 0.263. The number of sulfonamides is 1. The van der Waals surface area contributed by atoms with Gasteiger partial charge in [0.05, 0.1) is 34.9 Å². The van der Waals surface area contributed by atoms with Gasteiger partial charge in [0.25, 0.3) is 5.91 Å². The summed E-state index contributed by atoms with van der Waals surface area (Å²) in [5.74, 6) is 0.261. The maximum Gasteiger partial charge on any atom is 0.283 e. The highest BCUT2D eigenvalue weighted by molar-refractivity contribution is 7.89. The quantitative estimate of drug-likeness (QED) is 0.639. The Morgan fingerprint density at radius 2 is 1.97 bits per heavy atom. The van der Waals surface area contributed by atoms with E-state index in [1.807, 2.05) is 11.5 Å². The van der Waals surface area contributed by atoms with Gasteiger partial charge in [-0.15, -0.1) is 0 Å². The summed E-state index contributed by atoms with van der Waals surface area (Å²) in [4.78, 5) is 17.7. The molecule has 0 unspecified atom stereocenters. The highest BCUT2D eigenvalue weighted by Crippen LogP contribution is 2.31. The van der Waals surface area contributed by atoms with E-state index in [4.69, 9.17) is 14.6 Å². The van der Waals surface area contributed by atoms with E-state index < -0.39 is 15.9 Å². The molecule has 2 aromatic carbocycles. The van der Waals surface area contributed by atoms with E-state index in [1.165, 1.54) is 37.7 Å². The van der Waals surface area contributed by atoms with Gasteiger partial charge < -0.3 is 14.0 Å². The molecule has 3 rings (SSSR count). The molecule has 0 fully saturated rings. The van der Waals surface area contributed by atoms with Gasteiger partial charge in [-0.3, -0.25) is 4.79 Å². The third-order valence-corrected chi connectivity index (χ3v) is 6.21. The van der Waals surface area contributed by atoms with Crippen molar-refractivity contribution in [2.75, 3.05) is 14.2 Å². The maximum absolute atomic E-state index is 12.9. The van der Waals surface area contributed by atoms with Gasteiger partial charge in [-0.05, 0) is 36.8 Å². The van der Waals surface area contributed by atoms with Crippen LogP contribution in [0.5, 0.6) is 11.5 Å². The number of nitrogens with zero attached hydrogens (tertiary/aromatic N) is 2. The molecule has 0 aliphatic heterocycles. The topological polar surface area (TPSA) is 113 Å². The highest BCUT2D eigenvalue weighted by atomic mass is 32.2. The van der Waals surface area contributed by atoms with Gasteiger partial charge in [0.15, 0.2) is 16.3 Å². The average molecular weight is 436 g/mol. The molecule has 154 valence electrons. The lowest BCUT2D eigenvalue weighted by Crippen LogP contribution is -2.17. The molecule has 0 spiro atoms. The van der Waals surface area contributed by atoms with E-state index in [0.29, 0.717) is 27.5 Å². The van der Waals surface area contributed by atoms with Gasteiger partial charge in [0.2, 0.25) is 10.0 Å². The SMILES string of the molecule is CCCn1c(=NC(=O)c2cccc(OC)c2OC)sc2cc(S(N)(=O)=O)ccc21. The fourth-order valence-electron chi connectivity index (χ4n) is 2.96. The van der Waals surface area contributed by atoms with Crippen LogP contribution in [0, 0.1) is 0 Å². The van der Waals surface area contributed by atoms with Crippen LogP contribution < -0.4 is 19.4 Å². The Kier molecular flexibility index (Phi) is 6.06. The van der Waals surface area contributed by atoms with Crippen LogP contribution in [0.3, 0.4) is 0 Å². The zero-order chi connectivity index (χ0) is 21.2. The fourth-order valence-corrected chi connectivity index (χ4v) is 4.67. The first-order valence-electron chi connectivity index (χ1n) is 8.76. The predicted molar refractivity (Wildman–Crippen MR) is 111 cm³/mol. The number of hydrogen-bond acceptors (Lipinski definition) is 6. The Morgan fingerprint density at radius 3 is 2.59 bits per heavy atom. The van der Waals surface area contributed by atoms with Crippen molar-refractivity contribution in [3.05, 3.63) is 46.8 Å². The smallest absolute Gasteiger partial charge is 0.283 e. The molecule has 1 amide bonds. The van der Waals surface area contributed by atoms with Crippen molar-refractivity contribution in [1.82, 2.24) is 4.57 Å². The Labute approximate surface area is 172 Å². The summed E-state index contributed by atoms with van der Waals surface area (Å²) in [7, 11) is -0.871. The lowest BCUT2D eigenvalue weighted by atomic mass is 10.2. The lowest BCUT2D eigenvalue weighted by Gasteiger charge is -2.10. The average Bonchev–Trinajstić information content (AvgIpc) is 3.03. The van der Waals surface area contributed by atoms with Crippen LogP contribution in [0.2, 0.25) is 0 Å². The Hall–Kier alpha value is -2.69. The highest BCUT2D eigenvalue weighted by Gasteiger charge is 2.17. The first kappa shape index (κ1) is 21.0. The number of thiazole rings is 1. The Bertz CT molecular complexity index is 1240. The largest absolute Gasteiger partial charge is 0.493 e. The van der Waals surface area contributed by atoms with Crippen LogP contribution in [-0.2, 0) is 16.6 Å². The van der Waals surface area contributed by atoms with E-state index in [-0.39, 0.29) is 10.5 Å². The number of fused-ring (bicyclic) bond motifs is 1. The lowest BCUT2D eigenvalue weighted by molar-refractivity contribution is 0.0994. The number of benzene rings is 2. The molecule has 0 aliphatic rings. The van der Waals surface area contributed by atoms with Crippen molar-refractivity contribution in [2.24, 2.45) is 10.1 Å². The zero-order valence-corrected chi connectivity index (χ0v) is 17.8. The van der Waals surface area contributed by atoms with Crippen molar-refractivity contribution >= 4 is 37.5 Å². The molecule has 8 nitrogen and oxygen atoms in total. The number of carbonyl (C=O) groups is 1.